The first kappa shape index (κ1) is 23.3. The van der Waals surface area contributed by atoms with E-state index in [2.05, 4.69) is 15.8 Å². The Labute approximate surface area is 201 Å². The van der Waals surface area contributed by atoms with Gasteiger partial charge in [-0.05, 0) is 47.2 Å². The average Bonchev–Trinajstić information content (AvgIpc) is 2.87. The van der Waals surface area contributed by atoms with Crippen LogP contribution in [0, 0.1) is 0 Å². The van der Waals surface area contributed by atoms with Gasteiger partial charge in [0, 0.05) is 11.3 Å². The predicted octanol–water partition coefficient (Wildman–Crippen LogP) is 4.34. The Hall–Kier alpha value is -4.85. The zero-order chi connectivity index (χ0) is 24.6. The number of para-hydroxylation sites is 2. The van der Waals surface area contributed by atoms with Gasteiger partial charge in [0.25, 0.3) is 11.8 Å². The highest BCUT2D eigenvalue weighted by Crippen LogP contribution is 2.30. The van der Waals surface area contributed by atoms with E-state index in [4.69, 9.17) is 9.47 Å². The van der Waals surface area contributed by atoms with Gasteiger partial charge in [-0.25, -0.2) is 5.43 Å². The van der Waals surface area contributed by atoms with E-state index in [-0.39, 0.29) is 23.8 Å². The van der Waals surface area contributed by atoms with Crippen LogP contribution >= 0.6 is 0 Å². The number of phenols is 1. The fourth-order valence-electron chi connectivity index (χ4n) is 3.44. The van der Waals surface area contributed by atoms with Crippen LogP contribution in [0.2, 0.25) is 0 Å². The number of carbonyl (C=O) groups is 2. The highest BCUT2D eigenvalue weighted by Gasteiger charge is 2.14. The van der Waals surface area contributed by atoms with Crippen molar-refractivity contribution in [1.82, 2.24) is 5.43 Å². The largest absolute Gasteiger partial charge is 0.507 e. The van der Waals surface area contributed by atoms with Crippen molar-refractivity contribution in [3.8, 4) is 17.2 Å². The third kappa shape index (κ3) is 5.75. The van der Waals surface area contributed by atoms with E-state index in [9.17, 15) is 14.7 Å². The quantitative estimate of drug-likeness (QED) is 0.263. The van der Waals surface area contributed by atoms with Gasteiger partial charge in [-0.1, -0.05) is 48.5 Å². The smallest absolute Gasteiger partial charge is 0.275 e. The fourth-order valence-corrected chi connectivity index (χ4v) is 3.44. The summed E-state index contributed by atoms with van der Waals surface area (Å²) in [7, 11) is 1.48. The molecule has 0 unspecified atom stereocenters. The Balaban J connectivity index is 1.46. The number of nitrogens with zero attached hydrogens (tertiary/aromatic N) is 1. The summed E-state index contributed by atoms with van der Waals surface area (Å²) in [6, 6.07) is 24.7. The van der Waals surface area contributed by atoms with Crippen molar-refractivity contribution < 1.29 is 24.2 Å². The van der Waals surface area contributed by atoms with Gasteiger partial charge in [-0.15, -0.1) is 0 Å². The van der Waals surface area contributed by atoms with Crippen LogP contribution < -0.4 is 20.2 Å². The van der Waals surface area contributed by atoms with Gasteiger partial charge in [-0.2, -0.15) is 5.10 Å². The third-order valence-corrected chi connectivity index (χ3v) is 5.11. The summed E-state index contributed by atoms with van der Waals surface area (Å²) in [5.74, 6) is -0.363. The van der Waals surface area contributed by atoms with Crippen LogP contribution in [0.15, 0.2) is 90.0 Å². The molecule has 0 radical (unpaired) electrons. The Bertz CT molecular complexity index is 1390. The van der Waals surface area contributed by atoms with Crippen LogP contribution in [0.4, 0.5) is 5.69 Å². The molecule has 8 heteroatoms. The lowest BCUT2D eigenvalue weighted by atomic mass is 10.1. The molecule has 35 heavy (non-hydrogen) atoms. The van der Waals surface area contributed by atoms with E-state index in [1.165, 1.54) is 19.4 Å². The first-order valence-electron chi connectivity index (χ1n) is 10.7. The highest BCUT2D eigenvalue weighted by molar-refractivity contribution is 6.02. The molecule has 4 aromatic rings. The topological polar surface area (TPSA) is 109 Å². The maximum absolute atomic E-state index is 12.6. The Morgan fingerprint density at radius 1 is 0.943 bits per heavy atom. The lowest BCUT2D eigenvalue weighted by Gasteiger charge is -2.13. The summed E-state index contributed by atoms with van der Waals surface area (Å²) in [6.45, 7) is -0.257. The zero-order valence-corrected chi connectivity index (χ0v) is 18.9. The summed E-state index contributed by atoms with van der Waals surface area (Å²) in [4.78, 5) is 24.9. The van der Waals surface area contributed by atoms with Crippen molar-refractivity contribution >= 4 is 34.5 Å². The summed E-state index contributed by atoms with van der Waals surface area (Å²) in [5, 5.41) is 18.6. The van der Waals surface area contributed by atoms with Crippen LogP contribution in [-0.2, 0) is 4.79 Å². The van der Waals surface area contributed by atoms with Crippen molar-refractivity contribution in [1.29, 1.82) is 0 Å². The van der Waals surface area contributed by atoms with E-state index in [0.717, 1.165) is 10.8 Å². The van der Waals surface area contributed by atoms with Gasteiger partial charge in [0.2, 0.25) is 0 Å². The molecule has 8 nitrogen and oxygen atoms in total. The molecule has 0 aromatic heterocycles. The number of methoxy groups -OCH3 is 1. The first-order chi connectivity index (χ1) is 17.0. The molecular weight excluding hydrogens is 446 g/mol. The minimum absolute atomic E-state index is 0.0977. The molecule has 4 rings (SSSR count). The van der Waals surface area contributed by atoms with E-state index in [1.54, 1.807) is 36.4 Å². The molecule has 3 N–H and O–H groups in total. The maximum atomic E-state index is 12.6. The molecule has 4 aromatic carbocycles. The van der Waals surface area contributed by atoms with Crippen LogP contribution in [0.25, 0.3) is 10.8 Å². The number of benzene rings is 4. The number of hydrazone groups is 1. The highest BCUT2D eigenvalue weighted by atomic mass is 16.5. The second-order valence-electron chi connectivity index (χ2n) is 7.50. The molecule has 2 amide bonds. The van der Waals surface area contributed by atoms with Crippen molar-refractivity contribution in [2.24, 2.45) is 5.10 Å². The van der Waals surface area contributed by atoms with Gasteiger partial charge < -0.3 is 19.9 Å². The number of carbonyl (C=O) groups excluding carboxylic acids is 2. The zero-order valence-electron chi connectivity index (χ0n) is 18.9. The van der Waals surface area contributed by atoms with E-state index < -0.39 is 5.91 Å². The monoisotopic (exact) mass is 469 g/mol. The van der Waals surface area contributed by atoms with Gasteiger partial charge in [0.1, 0.15) is 5.75 Å². The summed E-state index contributed by atoms with van der Waals surface area (Å²) in [5.41, 5.74) is 3.65. The standard InChI is InChI=1S/C27H23N3O5/c1-34-24-13-7-10-20(26(24)35-17-25(32)29-21-11-3-2-4-12-21)16-28-30-27(33)22-14-18-8-5-6-9-19(18)15-23(22)31/h2-16,31H,17H2,1H3,(H,29,32)(H,30,33). The molecule has 0 saturated carbocycles. The average molecular weight is 469 g/mol. The second-order valence-corrected chi connectivity index (χ2v) is 7.50. The van der Waals surface area contributed by atoms with E-state index in [1.807, 2.05) is 42.5 Å². The molecule has 0 atom stereocenters. The molecule has 0 aliphatic carbocycles. The van der Waals surface area contributed by atoms with Gasteiger partial charge in [-0.3, -0.25) is 9.59 Å². The Morgan fingerprint density at radius 2 is 1.66 bits per heavy atom. The third-order valence-electron chi connectivity index (χ3n) is 5.11. The second kappa shape index (κ2) is 10.8. The van der Waals surface area contributed by atoms with Crippen LogP contribution in [0.3, 0.4) is 0 Å². The first-order valence-corrected chi connectivity index (χ1v) is 10.7. The lowest BCUT2D eigenvalue weighted by molar-refractivity contribution is -0.118. The van der Waals surface area contributed by atoms with Crippen molar-refractivity contribution in [2.45, 2.75) is 0 Å². The molecule has 0 spiro atoms. The van der Waals surface area contributed by atoms with Gasteiger partial charge >= 0.3 is 0 Å². The number of aromatic hydroxyl groups is 1. The SMILES string of the molecule is COc1cccc(C=NNC(=O)c2cc3ccccc3cc2O)c1OCC(=O)Nc1ccccc1. The molecule has 0 fully saturated rings. The van der Waals surface area contributed by atoms with Crippen LogP contribution in [0.5, 0.6) is 17.2 Å². The molecular formula is C27H23N3O5. The number of fused-ring (bicyclic) bond motifs is 1. The molecule has 176 valence electrons. The number of nitrogens with one attached hydrogen (secondary N) is 2. The summed E-state index contributed by atoms with van der Waals surface area (Å²) in [6.07, 6.45) is 1.38. The Kier molecular flexibility index (Phi) is 7.22. The van der Waals surface area contributed by atoms with Gasteiger partial charge in [0.05, 0.1) is 18.9 Å². The number of amides is 2. The number of hydrogen-bond donors (Lipinski definition) is 3. The molecule has 0 heterocycles. The molecule has 0 saturated heterocycles. The summed E-state index contributed by atoms with van der Waals surface area (Å²) < 4.78 is 11.1. The van der Waals surface area contributed by atoms with E-state index >= 15 is 0 Å². The lowest BCUT2D eigenvalue weighted by Crippen LogP contribution is -2.21. The number of phenolic OH excluding ortho intramolecular Hbond substituents is 1. The minimum atomic E-state index is -0.572. The van der Waals surface area contributed by atoms with Gasteiger partial charge in [0.15, 0.2) is 18.1 Å². The molecule has 0 aliphatic heterocycles. The fraction of sp³-hybridized carbons (Fsp3) is 0.0741. The molecule has 0 bridgehead atoms. The van der Waals surface area contributed by atoms with Crippen molar-refractivity contribution in [3.05, 3.63) is 96.1 Å². The number of ether oxygens (including phenoxy) is 2. The van der Waals surface area contributed by atoms with Crippen molar-refractivity contribution in [3.63, 3.8) is 0 Å². The van der Waals surface area contributed by atoms with Crippen LogP contribution in [-0.4, -0.2) is 36.9 Å². The number of anilines is 1. The minimum Gasteiger partial charge on any atom is -0.507 e. The van der Waals surface area contributed by atoms with Crippen LogP contribution in [0.1, 0.15) is 15.9 Å². The summed E-state index contributed by atoms with van der Waals surface area (Å²) >= 11 is 0. The molecule has 0 aliphatic rings. The maximum Gasteiger partial charge on any atom is 0.275 e. The van der Waals surface area contributed by atoms with Crippen molar-refractivity contribution in [2.75, 3.05) is 19.0 Å². The number of rotatable bonds is 8. The van der Waals surface area contributed by atoms with E-state index in [0.29, 0.717) is 22.7 Å². The normalized spacial score (nSPS) is 10.8. The predicted molar refractivity (Wildman–Crippen MR) is 134 cm³/mol. The number of hydrogen-bond acceptors (Lipinski definition) is 6. The Morgan fingerprint density at radius 3 is 2.40 bits per heavy atom.